The third kappa shape index (κ3) is 4.75. The van der Waals surface area contributed by atoms with Crippen LogP contribution in [0.5, 0.6) is 0 Å². The Morgan fingerprint density at radius 3 is 3.05 bits per heavy atom. The molecule has 102 valence electrons. The second-order valence-corrected chi connectivity index (χ2v) is 5.26. The number of carbonyl (C=O) groups is 1. The van der Waals surface area contributed by atoms with Gasteiger partial charge in [0.2, 0.25) is 0 Å². The summed E-state index contributed by atoms with van der Waals surface area (Å²) in [5.74, 6) is 0.860. The Hall–Kier alpha value is -1.82. The van der Waals surface area contributed by atoms with Gasteiger partial charge in [-0.05, 0) is 24.8 Å². The van der Waals surface area contributed by atoms with Gasteiger partial charge in [0.15, 0.2) is 0 Å². The van der Waals surface area contributed by atoms with Gasteiger partial charge in [-0.25, -0.2) is 4.79 Å². The minimum absolute atomic E-state index is 0.137. The molecule has 0 atom stereocenters. The summed E-state index contributed by atoms with van der Waals surface area (Å²) in [4.78, 5) is 12.6. The normalized spacial score (nSPS) is 10.4. The molecule has 0 aliphatic carbocycles. The average molecular weight is 279 g/mol. The zero-order valence-electron chi connectivity index (χ0n) is 10.8. The van der Waals surface area contributed by atoms with Crippen LogP contribution in [-0.4, -0.2) is 17.7 Å². The van der Waals surface area contributed by atoms with Gasteiger partial charge in [0.1, 0.15) is 5.76 Å². The monoisotopic (exact) mass is 279 g/mol. The molecule has 0 fully saturated rings. The lowest BCUT2D eigenvalue weighted by Crippen LogP contribution is -2.35. The Morgan fingerprint density at radius 2 is 2.37 bits per heavy atom. The van der Waals surface area contributed by atoms with Crippen LogP contribution < -0.4 is 10.6 Å². The summed E-state index contributed by atoms with van der Waals surface area (Å²) < 4.78 is 5.09. The predicted octanol–water partition coefficient (Wildman–Crippen LogP) is 2.48. The van der Waals surface area contributed by atoms with Crippen molar-refractivity contribution in [2.75, 3.05) is 6.54 Å². The van der Waals surface area contributed by atoms with Crippen LogP contribution in [0.3, 0.4) is 0 Å². The summed E-state index contributed by atoms with van der Waals surface area (Å²) in [5, 5.41) is 11.4. The van der Waals surface area contributed by atoms with E-state index in [0.29, 0.717) is 13.1 Å². The number of hydrogen-bond acceptors (Lipinski definition) is 4. The molecule has 2 N–H and O–H groups in total. The molecule has 2 heterocycles. The molecule has 0 aliphatic heterocycles. The molecular weight excluding hydrogens is 262 g/mol. The van der Waals surface area contributed by atoms with Crippen molar-refractivity contribution >= 4 is 17.4 Å². The van der Waals surface area contributed by atoms with Crippen molar-refractivity contribution < 1.29 is 9.32 Å². The molecule has 6 heteroatoms. The van der Waals surface area contributed by atoms with Gasteiger partial charge in [0.05, 0.1) is 12.2 Å². The first-order valence-corrected chi connectivity index (χ1v) is 7.08. The first-order chi connectivity index (χ1) is 9.24. The fraction of sp³-hybridized carbons (Fsp3) is 0.385. The molecule has 0 bridgehead atoms. The highest BCUT2D eigenvalue weighted by molar-refractivity contribution is 7.09. The number of hydrogen-bond donors (Lipinski definition) is 2. The van der Waals surface area contributed by atoms with E-state index in [1.807, 2.05) is 30.5 Å². The number of nitrogens with zero attached hydrogens (tertiary/aromatic N) is 1. The average Bonchev–Trinajstić information content (AvgIpc) is 3.04. The fourth-order valence-corrected chi connectivity index (χ4v) is 2.29. The number of amides is 2. The lowest BCUT2D eigenvalue weighted by molar-refractivity contribution is 0.240. The topological polar surface area (TPSA) is 67.2 Å². The third-order valence-corrected chi connectivity index (χ3v) is 3.44. The highest BCUT2D eigenvalue weighted by Crippen LogP contribution is 2.07. The summed E-state index contributed by atoms with van der Waals surface area (Å²) in [6.45, 7) is 3.09. The van der Waals surface area contributed by atoms with Crippen LogP contribution in [0.25, 0.3) is 0 Å². The smallest absolute Gasteiger partial charge is 0.315 e. The van der Waals surface area contributed by atoms with E-state index in [4.69, 9.17) is 4.52 Å². The van der Waals surface area contributed by atoms with Crippen LogP contribution in [0.2, 0.25) is 0 Å². The Labute approximate surface area is 116 Å². The van der Waals surface area contributed by atoms with Gasteiger partial charge in [0, 0.05) is 23.9 Å². The van der Waals surface area contributed by atoms with Crippen molar-refractivity contribution in [3.8, 4) is 0 Å². The van der Waals surface area contributed by atoms with Crippen LogP contribution in [-0.2, 0) is 13.0 Å². The van der Waals surface area contributed by atoms with E-state index >= 15 is 0 Å². The van der Waals surface area contributed by atoms with E-state index in [0.717, 1.165) is 29.2 Å². The molecule has 19 heavy (non-hydrogen) atoms. The number of rotatable bonds is 6. The van der Waals surface area contributed by atoms with E-state index in [9.17, 15) is 4.79 Å². The lowest BCUT2D eigenvalue weighted by atomic mass is 10.2. The van der Waals surface area contributed by atoms with Crippen molar-refractivity contribution in [3.63, 3.8) is 0 Å². The summed E-state index contributed by atoms with van der Waals surface area (Å²) in [6, 6.07) is 5.75. The van der Waals surface area contributed by atoms with E-state index in [2.05, 4.69) is 15.8 Å². The summed E-state index contributed by atoms with van der Waals surface area (Å²) in [6.07, 6.45) is 1.62. The fourth-order valence-electron chi connectivity index (χ4n) is 1.64. The zero-order chi connectivity index (χ0) is 13.5. The van der Waals surface area contributed by atoms with E-state index in [-0.39, 0.29) is 6.03 Å². The number of thiophene rings is 1. The maximum absolute atomic E-state index is 11.5. The van der Waals surface area contributed by atoms with E-state index < -0.39 is 0 Å². The quantitative estimate of drug-likeness (QED) is 0.798. The molecule has 0 saturated carbocycles. The largest absolute Gasteiger partial charge is 0.361 e. The minimum atomic E-state index is -0.137. The van der Waals surface area contributed by atoms with Crippen LogP contribution in [0.15, 0.2) is 28.1 Å². The SMILES string of the molecule is Cc1cc(CCCNC(=O)NCc2cccs2)on1. The Morgan fingerprint density at radius 1 is 1.47 bits per heavy atom. The standard InChI is InChI=1S/C13H17N3O2S/c1-10-8-11(18-16-10)4-2-6-14-13(17)15-9-12-5-3-7-19-12/h3,5,7-8H,2,4,6,9H2,1H3,(H2,14,15,17). The second-order valence-electron chi connectivity index (χ2n) is 4.23. The van der Waals surface area contributed by atoms with E-state index in [1.165, 1.54) is 0 Å². The first kappa shape index (κ1) is 13.6. The van der Waals surface area contributed by atoms with Gasteiger partial charge in [-0.3, -0.25) is 0 Å². The highest BCUT2D eigenvalue weighted by Gasteiger charge is 2.02. The predicted molar refractivity (Wildman–Crippen MR) is 74.1 cm³/mol. The number of aryl methyl sites for hydroxylation is 2. The van der Waals surface area contributed by atoms with Crippen LogP contribution >= 0.6 is 11.3 Å². The molecule has 2 amide bonds. The molecule has 0 aromatic carbocycles. The van der Waals surface area contributed by atoms with Gasteiger partial charge in [0.25, 0.3) is 0 Å². The number of aromatic nitrogens is 1. The summed E-state index contributed by atoms with van der Waals surface area (Å²) in [7, 11) is 0. The molecule has 2 rings (SSSR count). The number of nitrogens with one attached hydrogen (secondary N) is 2. The zero-order valence-corrected chi connectivity index (χ0v) is 11.6. The van der Waals surface area contributed by atoms with Gasteiger partial charge < -0.3 is 15.2 Å². The number of urea groups is 1. The Bertz CT molecular complexity index is 508. The van der Waals surface area contributed by atoms with Gasteiger partial charge in [-0.15, -0.1) is 11.3 Å². The molecule has 0 radical (unpaired) electrons. The molecular formula is C13H17N3O2S. The molecule has 0 unspecified atom stereocenters. The maximum atomic E-state index is 11.5. The minimum Gasteiger partial charge on any atom is -0.361 e. The van der Waals surface area contributed by atoms with Crippen molar-refractivity contribution in [2.45, 2.75) is 26.3 Å². The van der Waals surface area contributed by atoms with Gasteiger partial charge in [-0.2, -0.15) is 0 Å². The van der Waals surface area contributed by atoms with E-state index in [1.54, 1.807) is 11.3 Å². The molecule has 2 aromatic heterocycles. The van der Waals surface area contributed by atoms with Crippen molar-refractivity contribution in [1.82, 2.24) is 15.8 Å². The van der Waals surface area contributed by atoms with Crippen LogP contribution in [0.1, 0.15) is 22.8 Å². The molecule has 5 nitrogen and oxygen atoms in total. The molecule has 2 aromatic rings. The van der Waals surface area contributed by atoms with Crippen molar-refractivity contribution in [2.24, 2.45) is 0 Å². The number of carbonyl (C=O) groups excluding carboxylic acids is 1. The summed E-state index contributed by atoms with van der Waals surface area (Å²) in [5.41, 5.74) is 0.886. The molecule has 0 spiro atoms. The third-order valence-electron chi connectivity index (χ3n) is 2.57. The maximum Gasteiger partial charge on any atom is 0.315 e. The van der Waals surface area contributed by atoms with Crippen LogP contribution in [0.4, 0.5) is 4.79 Å². The van der Waals surface area contributed by atoms with Gasteiger partial charge in [-0.1, -0.05) is 11.2 Å². The molecule has 0 saturated heterocycles. The second kappa shape index (κ2) is 6.94. The Kier molecular flexibility index (Phi) is 4.97. The van der Waals surface area contributed by atoms with Crippen molar-refractivity contribution in [1.29, 1.82) is 0 Å². The molecule has 0 aliphatic rings. The van der Waals surface area contributed by atoms with Crippen molar-refractivity contribution in [3.05, 3.63) is 39.9 Å². The first-order valence-electron chi connectivity index (χ1n) is 6.20. The lowest BCUT2D eigenvalue weighted by Gasteiger charge is -2.05. The summed E-state index contributed by atoms with van der Waals surface area (Å²) >= 11 is 1.63. The Balaban J connectivity index is 1.56. The highest BCUT2D eigenvalue weighted by atomic mass is 32.1. The van der Waals surface area contributed by atoms with Crippen LogP contribution in [0, 0.1) is 6.92 Å². The van der Waals surface area contributed by atoms with Gasteiger partial charge >= 0.3 is 6.03 Å².